The third-order valence-electron chi connectivity index (χ3n) is 3.55. The second-order valence-corrected chi connectivity index (χ2v) is 4.94. The molecule has 3 aromatic rings. The van der Waals surface area contributed by atoms with Gasteiger partial charge in [-0.15, -0.1) is 0 Å². The molecule has 0 spiro atoms. The summed E-state index contributed by atoms with van der Waals surface area (Å²) in [5.41, 5.74) is 3.13. The van der Waals surface area contributed by atoms with Gasteiger partial charge in [0.05, 0.1) is 5.56 Å². The number of halogens is 1. The minimum Gasteiger partial charge on any atom is -0.381 e. The molecule has 104 valence electrons. The molecule has 0 aliphatic rings. The van der Waals surface area contributed by atoms with Gasteiger partial charge in [-0.2, -0.15) is 5.26 Å². The highest BCUT2D eigenvalue weighted by Crippen LogP contribution is 2.22. The number of benzene rings is 2. The van der Waals surface area contributed by atoms with Crippen LogP contribution in [0.2, 0.25) is 0 Å². The van der Waals surface area contributed by atoms with Crippen molar-refractivity contribution in [2.45, 2.75) is 6.54 Å². The zero-order chi connectivity index (χ0) is 14.8. The molecule has 3 rings (SSSR count). The summed E-state index contributed by atoms with van der Waals surface area (Å²) < 4.78 is 15.4. The molecule has 0 bridgehead atoms. The van der Waals surface area contributed by atoms with Gasteiger partial charge in [-0.05, 0) is 29.8 Å². The number of nitrogens with one attached hydrogen (secondary N) is 1. The van der Waals surface area contributed by atoms with E-state index in [0.29, 0.717) is 6.54 Å². The quantitative estimate of drug-likeness (QED) is 0.792. The summed E-state index contributed by atoms with van der Waals surface area (Å²) in [6.45, 7) is 0.623. The van der Waals surface area contributed by atoms with Crippen LogP contribution in [-0.2, 0) is 13.6 Å². The molecule has 0 unspecified atom stereocenters. The topological polar surface area (TPSA) is 40.8 Å². The van der Waals surface area contributed by atoms with Gasteiger partial charge in [0.1, 0.15) is 11.9 Å². The van der Waals surface area contributed by atoms with Crippen molar-refractivity contribution in [3.63, 3.8) is 0 Å². The Hall–Kier alpha value is -2.80. The molecule has 1 N–H and O–H groups in total. The highest BCUT2D eigenvalue weighted by atomic mass is 19.1. The summed E-state index contributed by atoms with van der Waals surface area (Å²) in [7, 11) is 2.01. The molecule has 0 aliphatic carbocycles. The smallest absolute Gasteiger partial charge is 0.141 e. The van der Waals surface area contributed by atoms with Gasteiger partial charge in [-0.25, -0.2) is 4.39 Å². The van der Waals surface area contributed by atoms with Crippen LogP contribution in [0.5, 0.6) is 0 Å². The zero-order valence-corrected chi connectivity index (χ0v) is 11.6. The first kappa shape index (κ1) is 13.2. The second kappa shape index (κ2) is 5.29. The van der Waals surface area contributed by atoms with Crippen LogP contribution in [0, 0.1) is 17.1 Å². The number of fused-ring (bicyclic) bond motifs is 1. The highest BCUT2D eigenvalue weighted by Gasteiger charge is 2.06. The van der Waals surface area contributed by atoms with Gasteiger partial charge in [-0.3, -0.25) is 0 Å². The number of aryl methyl sites for hydroxylation is 1. The maximum Gasteiger partial charge on any atom is 0.141 e. The van der Waals surface area contributed by atoms with Crippen molar-refractivity contribution in [1.82, 2.24) is 4.57 Å². The molecule has 3 nitrogen and oxygen atoms in total. The van der Waals surface area contributed by atoms with Crippen molar-refractivity contribution in [3.8, 4) is 6.07 Å². The van der Waals surface area contributed by atoms with Crippen molar-refractivity contribution in [2.24, 2.45) is 7.05 Å². The summed E-state index contributed by atoms with van der Waals surface area (Å²) in [5.74, 6) is -0.492. The molecule has 0 amide bonds. The lowest BCUT2D eigenvalue weighted by atomic mass is 10.1. The van der Waals surface area contributed by atoms with E-state index in [9.17, 15) is 4.39 Å². The van der Waals surface area contributed by atoms with E-state index in [-0.39, 0.29) is 5.56 Å². The number of aromatic nitrogens is 1. The molecular weight excluding hydrogens is 265 g/mol. The van der Waals surface area contributed by atoms with Crippen molar-refractivity contribution in [2.75, 3.05) is 5.32 Å². The maximum absolute atomic E-state index is 13.3. The Kier molecular flexibility index (Phi) is 3.33. The fourth-order valence-corrected chi connectivity index (χ4v) is 2.48. The Morgan fingerprint density at radius 3 is 2.86 bits per heavy atom. The van der Waals surface area contributed by atoms with Crippen molar-refractivity contribution in [3.05, 3.63) is 65.6 Å². The van der Waals surface area contributed by atoms with Gasteiger partial charge in [-0.1, -0.05) is 18.2 Å². The van der Waals surface area contributed by atoms with Crippen molar-refractivity contribution in [1.29, 1.82) is 5.26 Å². The summed E-state index contributed by atoms with van der Waals surface area (Å²) in [4.78, 5) is 0. The minimum atomic E-state index is -0.492. The number of nitriles is 1. The van der Waals surface area contributed by atoms with E-state index in [1.165, 1.54) is 23.0 Å². The van der Waals surface area contributed by atoms with Crippen LogP contribution >= 0.6 is 0 Å². The normalized spacial score (nSPS) is 10.5. The van der Waals surface area contributed by atoms with Gasteiger partial charge in [0.15, 0.2) is 0 Å². The zero-order valence-electron chi connectivity index (χ0n) is 11.6. The fourth-order valence-electron chi connectivity index (χ4n) is 2.48. The van der Waals surface area contributed by atoms with Crippen LogP contribution in [0.4, 0.5) is 10.1 Å². The lowest BCUT2D eigenvalue weighted by Crippen LogP contribution is -1.99. The largest absolute Gasteiger partial charge is 0.381 e. The van der Waals surface area contributed by atoms with Gasteiger partial charge < -0.3 is 9.88 Å². The van der Waals surface area contributed by atoms with Gasteiger partial charge in [0, 0.05) is 36.4 Å². The van der Waals surface area contributed by atoms with E-state index >= 15 is 0 Å². The number of hydrogen-bond donors (Lipinski definition) is 1. The Balaban J connectivity index is 1.86. The Morgan fingerprint density at radius 2 is 2.05 bits per heavy atom. The van der Waals surface area contributed by atoms with Crippen LogP contribution < -0.4 is 5.32 Å². The van der Waals surface area contributed by atoms with E-state index < -0.39 is 5.82 Å². The minimum absolute atomic E-state index is 0.0536. The molecule has 21 heavy (non-hydrogen) atoms. The number of para-hydroxylation sites is 1. The number of rotatable bonds is 3. The average Bonchev–Trinajstić information content (AvgIpc) is 2.83. The molecule has 2 aromatic carbocycles. The maximum atomic E-state index is 13.3. The first-order valence-electron chi connectivity index (χ1n) is 6.65. The molecule has 1 heterocycles. The first-order chi connectivity index (χ1) is 10.2. The van der Waals surface area contributed by atoms with Gasteiger partial charge >= 0.3 is 0 Å². The highest BCUT2D eigenvalue weighted by molar-refractivity contribution is 5.84. The third kappa shape index (κ3) is 2.46. The van der Waals surface area contributed by atoms with Crippen molar-refractivity contribution < 1.29 is 4.39 Å². The molecule has 0 radical (unpaired) electrons. The van der Waals surface area contributed by atoms with Crippen LogP contribution in [0.1, 0.15) is 11.1 Å². The molecule has 0 atom stereocenters. The predicted molar refractivity (Wildman–Crippen MR) is 81.4 cm³/mol. The van der Waals surface area contributed by atoms with Gasteiger partial charge in [0.25, 0.3) is 0 Å². The fraction of sp³-hybridized carbons (Fsp3) is 0.118. The van der Waals surface area contributed by atoms with Crippen LogP contribution in [0.15, 0.2) is 48.7 Å². The molecule has 0 saturated carbocycles. The number of nitrogens with zero attached hydrogens (tertiary/aromatic N) is 2. The molecule has 0 fully saturated rings. The van der Waals surface area contributed by atoms with E-state index in [2.05, 4.69) is 28.2 Å². The Morgan fingerprint density at radius 1 is 1.24 bits per heavy atom. The van der Waals surface area contributed by atoms with E-state index in [1.54, 1.807) is 6.07 Å². The molecule has 0 aliphatic heterocycles. The predicted octanol–water partition coefficient (Wildman–Crippen LogP) is 3.80. The first-order valence-corrected chi connectivity index (χ1v) is 6.65. The van der Waals surface area contributed by atoms with Gasteiger partial charge in [0.2, 0.25) is 0 Å². The average molecular weight is 279 g/mol. The summed E-state index contributed by atoms with van der Waals surface area (Å²) in [6, 6.07) is 14.5. The van der Waals surface area contributed by atoms with E-state index in [0.717, 1.165) is 11.3 Å². The lowest BCUT2D eigenvalue weighted by Gasteiger charge is -2.06. The van der Waals surface area contributed by atoms with Crippen LogP contribution in [0.25, 0.3) is 10.9 Å². The van der Waals surface area contributed by atoms with Crippen LogP contribution in [-0.4, -0.2) is 4.57 Å². The van der Waals surface area contributed by atoms with E-state index in [4.69, 9.17) is 5.26 Å². The molecule has 0 saturated heterocycles. The Labute approximate surface area is 122 Å². The standard InChI is InChI=1S/C17H14FN3/c1-21-11-13(15-4-2-3-5-17(15)21)10-20-14-6-7-16(18)12(8-14)9-19/h2-8,11,20H,10H2,1H3. The lowest BCUT2D eigenvalue weighted by molar-refractivity contribution is 0.624. The third-order valence-corrected chi connectivity index (χ3v) is 3.55. The summed E-state index contributed by atoms with van der Waals surface area (Å²) >= 11 is 0. The van der Waals surface area contributed by atoms with Crippen LogP contribution in [0.3, 0.4) is 0 Å². The Bertz CT molecular complexity index is 843. The number of anilines is 1. The molecule has 1 aromatic heterocycles. The van der Waals surface area contributed by atoms with Crippen molar-refractivity contribution >= 4 is 16.6 Å². The summed E-state index contributed by atoms with van der Waals surface area (Å²) in [5, 5.41) is 13.3. The number of hydrogen-bond acceptors (Lipinski definition) is 2. The second-order valence-electron chi connectivity index (χ2n) is 4.94. The monoisotopic (exact) mass is 279 g/mol. The van der Waals surface area contributed by atoms with E-state index in [1.807, 2.05) is 25.2 Å². The molecular formula is C17H14FN3. The summed E-state index contributed by atoms with van der Waals surface area (Å²) in [6.07, 6.45) is 2.08. The SMILES string of the molecule is Cn1cc(CNc2ccc(F)c(C#N)c2)c2ccccc21. The molecule has 4 heteroatoms.